The van der Waals surface area contributed by atoms with E-state index in [1.54, 1.807) is 0 Å². The number of aromatic carboxylic acids is 2. The Hall–Kier alpha value is -1.21. The Bertz CT molecular complexity index is 2000. The number of azo groups is 2. The van der Waals surface area contributed by atoms with E-state index in [-0.39, 0.29) is 151 Å². The minimum atomic E-state index is -4.95. The molecule has 0 heterocycles. The van der Waals surface area contributed by atoms with Crippen molar-refractivity contribution in [2.24, 2.45) is 20.5 Å². The molecule has 0 aliphatic heterocycles. The van der Waals surface area contributed by atoms with Gasteiger partial charge in [0.05, 0.1) is 34.7 Å². The first-order valence-corrected chi connectivity index (χ1v) is 15.5. The molecule has 0 saturated heterocycles. The third kappa shape index (κ3) is 13.1. The number of carboxylic acid groups (broad SMARTS) is 2. The van der Waals surface area contributed by atoms with Crippen LogP contribution in [0.2, 0.25) is 0 Å². The predicted molar refractivity (Wildman–Crippen MR) is 145 cm³/mol. The summed E-state index contributed by atoms with van der Waals surface area (Å²) in [5, 5.41) is 60.3. The van der Waals surface area contributed by atoms with Gasteiger partial charge in [0.15, 0.2) is 0 Å². The second kappa shape index (κ2) is 20.1. The molecule has 0 saturated carbocycles. The maximum absolute atomic E-state index is 12.2. The van der Waals surface area contributed by atoms with E-state index in [1.165, 1.54) is 12.1 Å². The monoisotopic (exact) mass is 762 g/mol. The van der Waals surface area contributed by atoms with Crippen LogP contribution in [0.3, 0.4) is 0 Å². The van der Waals surface area contributed by atoms with E-state index in [1.807, 2.05) is 0 Å². The molecule has 4 aromatic carbocycles. The zero-order chi connectivity index (χ0) is 33.1. The predicted octanol–water partition coefficient (Wildman–Crippen LogP) is -9.95. The second-order valence-corrected chi connectivity index (χ2v) is 12.5. The van der Waals surface area contributed by atoms with Gasteiger partial charge in [-0.3, -0.25) is 9.11 Å². The van der Waals surface area contributed by atoms with Crippen LogP contribution >= 0.6 is 11.8 Å². The van der Waals surface area contributed by atoms with Crippen LogP contribution in [0, 0.1) is 0 Å². The van der Waals surface area contributed by atoms with Gasteiger partial charge in [0.25, 0.3) is 20.2 Å². The van der Waals surface area contributed by atoms with Crippen LogP contribution < -0.4 is 139 Å². The van der Waals surface area contributed by atoms with Crippen LogP contribution in [0.15, 0.2) is 113 Å². The number of hydrogen-bond donors (Lipinski definition) is 2. The SMILES string of the molecule is O=C([O-])c1cc(N=Nc2ccc(Sc3ccc(N=Nc4ccc([O-])c(C(=O)[O-])c4)cc3S(=O)(=O)O)c(S(=O)(=O)O)c2)ccc1[O-].[Na+].[Na+].[Na+].[Na+]. The topological polar surface area (TPSA) is 285 Å². The smallest absolute Gasteiger partial charge is 0.872 e. The third-order valence-electron chi connectivity index (χ3n) is 5.56. The Balaban J connectivity index is 0.00000576. The zero-order valence-corrected chi connectivity index (χ0v) is 36.4. The first-order valence-electron chi connectivity index (χ1n) is 11.8. The van der Waals surface area contributed by atoms with Crippen LogP contribution in [0.4, 0.5) is 22.7 Å². The number of rotatable bonds is 10. The summed E-state index contributed by atoms with van der Waals surface area (Å²) in [4.78, 5) is 20.2. The number of carboxylic acids is 2. The molecule has 16 nitrogen and oxygen atoms in total. The number of benzene rings is 4. The van der Waals surface area contributed by atoms with Crippen LogP contribution in [-0.4, -0.2) is 37.9 Å². The van der Waals surface area contributed by atoms with Gasteiger partial charge in [-0.2, -0.15) is 37.3 Å². The van der Waals surface area contributed by atoms with E-state index in [2.05, 4.69) is 20.5 Å². The fourth-order valence-corrected chi connectivity index (χ4v) is 6.41. The molecule has 0 amide bonds. The summed E-state index contributed by atoms with van der Waals surface area (Å²) >= 11 is 0.518. The molecule has 0 fully saturated rings. The summed E-state index contributed by atoms with van der Waals surface area (Å²) in [6.45, 7) is 0. The molecule has 232 valence electrons. The van der Waals surface area contributed by atoms with Gasteiger partial charge in [0.1, 0.15) is 9.79 Å². The van der Waals surface area contributed by atoms with Crippen molar-refractivity contribution in [2.45, 2.75) is 19.6 Å². The quantitative estimate of drug-likeness (QED) is 0.0864. The average Bonchev–Trinajstić information content (AvgIpc) is 2.96. The molecule has 23 heteroatoms. The van der Waals surface area contributed by atoms with Crippen molar-refractivity contribution in [2.75, 3.05) is 0 Å². The van der Waals surface area contributed by atoms with Gasteiger partial charge in [-0.15, -0.1) is 0 Å². The normalized spacial score (nSPS) is 11.1. The van der Waals surface area contributed by atoms with Crippen LogP contribution in [0.1, 0.15) is 20.7 Å². The Morgan fingerprint density at radius 2 is 0.816 bits per heavy atom. The van der Waals surface area contributed by atoms with E-state index in [9.17, 15) is 56.0 Å². The molecule has 2 N–H and O–H groups in total. The van der Waals surface area contributed by atoms with Crippen LogP contribution in [0.25, 0.3) is 0 Å². The Morgan fingerprint density at radius 3 is 1.10 bits per heavy atom. The van der Waals surface area contributed by atoms with Gasteiger partial charge in [-0.1, -0.05) is 35.4 Å². The van der Waals surface area contributed by atoms with E-state index in [0.29, 0.717) is 11.8 Å². The molecule has 0 atom stereocenters. The van der Waals surface area contributed by atoms with Crippen molar-refractivity contribution >= 4 is 66.7 Å². The second-order valence-electron chi connectivity index (χ2n) is 8.65. The minimum absolute atomic E-state index is 0. The number of carbonyl (C=O) groups is 2. The molecule has 4 rings (SSSR count). The molecule has 0 radical (unpaired) electrons. The molecule has 0 spiro atoms. The van der Waals surface area contributed by atoms with Gasteiger partial charge >= 0.3 is 118 Å². The fourth-order valence-electron chi connectivity index (χ4n) is 3.52. The van der Waals surface area contributed by atoms with Crippen molar-refractivity contribution in [3.05, 3.63) is 83.9 Å². The summed E-state index contributed by atoms with van der Waals surface area (Å²) < 4.78 is 68.4. The first-order chi connectivity index (χ1) is 21.0. The van der Waals surface area contributed by atoms with E-state index >= 15 is 0 Å². The molecule has 0 aliphatic carbocycles. The van der Waals surface area contributed by atoms with Crippen molar-refractivity contribution in [1.82, 2.24) is 0 Å². The van der Waals surface area contributed by atoms with Crippen molar-refractivity contribution in [3.63, 3.8) is 0 Å². The van der Waals surface area contributed by atoms with Gasteiger partial charge in [0, 0.05) is 9.79 Å². The van der Waals surface area contributed by atoms with Gasteiger partial charge in [-0.05, 0) is 71.8 Å². The summed E-state index contributed by atoms with van der Waals surface area (Å²) in [7, 11) is -9.91. The van der Waals surface area contributed by atoms with E-state index < -0.39 is 64.6 Å². The van der Waals surface area contributed by atoms with Crippen LogP contribution in [0.5, 0.6) is 11.5 Å². The first kappa shape index (κ1) is 47.8. The van der Waals surface area contributed by atoms with E-state index in [4.69, 9.17) is 0 Å². The van der Waals surface area contributed by atoms with E-state index in [0.717, 1.165) is 60.7 Å². The molecule has 0 bridgehead atoms. The van der Waals surface area contributed by atoms with Crippen LogP contribution in [-0.2, 0) is 20.2 Å². The third-order valence-corrected chi connectivity index (χ3v) is 8.76. The maximum atomic E-state index is 12.2. The number of nitrogens with zero attached hydrogens (tertiary/aromatic N) is 4. The molecular weight excluding hydrogens is 748 g/mol. The number of hydrogen-bond acceptors (Lipinski definition) is 15. The van der Waals surface area contributed by atoms with Crippen molar-refractivity contribution in [1.29, 1.82) is 0 Å². The molecule has 0 aliphatic rings. The summed E-state index contributed by atoms with van der Waals surface area (Å²) in [6.07, 6.45) is 0. The molecule has 49 heavy (non-hydrogen) atoms. The zero-order valence-electron chi connectivity index (χ0n) is 25.9. The Kier molecular flexibility index (Phi) is 19.6. The Morgan fingerprint density at radius 1 is 0.531 bits per heavy atom. The summed E-state index contributed by atoms with van der Waals surface area (Å²) in [5.41, 5.74) is -1.82. The molecule has 4 aromatic rings. The molecule has 0 aromatic heterocycles. The van der Waals surface area contributed by atoms with Crippen molar-refractivity contribution in [3.8, 4) is 11.5 Å². The fraction of sp³-hybridized carbons (Fsp3) is 0. The largest absolute Gasteiger partial charge is 1.00 e. The van der Waals surface area contributed by atoms with Gasteiger partial charge in [0.2, 0.25) is 0 Å². The van der Waals surface area contributed by atoms with Crippen molar-refractivity contribution < 1.29 is 174 Å². The van der Waals surface area contributed by atoms with Gasteiger partial charge < -0.3 is 30.0 Å². The molecule has 0 unspecified atom stereocenters. The summed E-state index contributed by atoms with van der Waals surface area (Å²) in [6, 6.07) is 12.4. The average molecular weight is 763 g/mol. The Labute approximate surface area is 371 Å². The minimum Gasteiger partial charge on any atom is -0.872 e. The molecular formula is C26H14N4Na4O12S3. The summed E-state index contributed by atoms with van der Waals surface area (Å²) in [5.74, 6) is -5.14. The standard InChI is InChI=1S/C26H18N4O12S3.4Na/c31-19-5-1-13(9-17(19)25(33)34)27-29-15-3-7-21(23(11-15)44(37,38)39)43-22-8-4-16(12-24(22)45(40,41)42)30-28-14-2-6-20(32)18(10-14)26(35)36;;;;/h1-12,31-32H,(H,33,34)(H,35,36)(H,37,38,39)(H,40,41,42);;;;/q;4*+1/p-4. The van der Waals surface area contributed by atoms with Gasteiger partial charge in [-0.25, -0.2) is 0 Å². The number of carbonyl (C=O) groups excluding carboxylic acids is 2. The maximum Gasteiger partial charge on any atom is 1.00 e.